The number of nitrogens with one attached hydrogen (secondary N) is 2. The maximum absolute atomic E-state index is 14.0. The van der Waals surface area contributed by atoms with E-state index < -0.39 is 44.6 Å². The van der Waals surface area contributed by atoms with Gasteiger partial charge in [-0.05, 0) is 39.0 Å². The standard InChI is InChI=1S/C17H23FN2O6S/c1-16(2,3)26-15(22)20-13-9-11(5-6-12(13)18)19-14(21)17(25-4)7-8-27(23,24)10-17/h5-6,9H,7-8,10H2,1-4H3,(H,19,21)(H,20,22). The van der Waals surface area contributed by atoms with Crippen molar-refractivity contribution in [3.63, 3.8) is 0 Å². The molecule has 0 aromatic heterocycles. The third kappa shape index (κ3) is 5.39. The van der Waals surface area contributed by atoms with Gasteiger partial charge in [0.25, 0.3) is 5.91 Å². The number of hydrogen-bond acceptors (Lipinski definition) is 6. The molecule has 0 bridgehead atoms. The molecule has 2 amide bonds. The fourth-order valence-electron chi connectivity index (χ4n) is 2.61. The van der Waals surface area contributed by atoms with Crippen LogP contribution in [0.15, 0.2) is 18.2 Å². The highest BCUT2D eigenvalue weighted by molar-refractivity contribution is 7.91. The van der Waals surface area contributed by atoms with Crippen molar-refractivity contribution in [2.45, 2.75) is 38.4 Å². The predicted molar refractivity (Wildman–Crippen MR) is 97.9 cm³/mol. The summed E-state index contributed by atoms with van der Waals surface area (Å²) in [4.78, 5) is 24.4. The average Bonchev–Trinajstić information content (AvgIpc) is 2.85. The number of sulfone groups is 1. The molecule has 0 radical (unpaired) electrons. The summed E-state index contributed by atoms with van der Waals surface area (Å²) >= 11 is 0. The number of carbonyl (C=O) groups is 2. The van der Waals surface area contributed by atoms with Gasteiger partial charge in [0.15, 0.2) is 15.4 Å². The fraction of sp³-hybridized carbons (Fsp3) is 0.529. The molecule has 150 valence electrons. The highest BCUT2D eigenvalue weighted by atomic mass is 32.2. The number of carbonyl (C=O) groups excluding carboxylic acids is 2. The van der Waals surface area contributed by atoms with Crippen LogP contribution in [0, 0.1) is 5.82 Å². The normalized spacial score (nSPS) is 21.5. The van der Waals surface area contributed by atoms with Crippen LogP contribution in [0.3, 0.4) is 0 Å². The van der Waals surface area contributed by atoms with Gasteiger partial charge in [0, 0.05) is 19.2 Å². The van der Waals surface area contributed by atoms with E-state index in [-0.39, 0.29) is 23.5 Å². The Kier molecular flexibility index (Phi) is 5.81. The first-order chi connectivity index (χ1) is 12.4. The monoisotopic (exact) mass is 402 g/mol. The molecule has 0 aliphatic carbocycles. The smallest absolute Gasteiger partial charge is 0.412 e. The van der Waals surface area contributed by atoms with Gasteiger partial charge in [0.1, 0.15) is 11.4 Å². The quantitative estimate of drug-likeness (QED) is 0.800. The Morgan fingerprint density at radius 2 is 1.89 bits per heavy atom. The fourth-order valence-corrected chi connectivity index (χ4v) is 4.50. The Bertz CT molecular complexity index is 849. The SMILES string of the molecule is COC1(C(=O)Nc2ccc(F)c(NC(=O)OC(C)(C)C)c2)CCS(=O)(=O)C1. The van der Waals surface area contributed by atoms with Crippen molar-refractivity contribution in [1.82, 2.24) is 0 Å². The number of hydrogen-bond donors (Lipinski definition) is 2. The first-order valence-electron chi connectivity index (χ1n) is 8.22. The lowest BCUT2D eigenvalue weighted by Crippen LogP contribution is -2.45. The van der Waals surface area contributed by atoms with Gasteiger partial charge in [0.2, 0.25) is 0 Å². The molecule has 1 aliphatic rings. The Balaban J connectivity index is 2.16. The van der Waals surface area contributed by atoms with Gasteiger partial charge in [-0.2, -0.15) is 0 Å². The summed E-state index contributed by atoms with van der Waals surface area (Å²) < 4.78 is 47.7. The zero-order valence-corrected chi connectivity index (χ0v) is 16.4. The van der Waals surface area contributed by atoms with Crippen molar-refractivity contribution in [2.75, 3.05) is 29.2 Å². The largest absolute Gasteiger partial charge is 0.444 e. The van der Waals surface area contributed by atoms with Gasteiger partial charge in [-0.25, -0.2) is 17.6 Å². The van der Waals surface area contributed by atoms with Crippen molar-refractivity contribution < 1.29 is 31.9 Å². The second-order valence-corrected chi connectivity index (χ2v) is 9.50. The van der Waals surface area contributed by atoms with Crippen molar-refractivity contribution in [1.29, 1.82) is 0 Å². The van der Waals surface area contributed by atoms with E-state index in [0.717, 1.165) is 6.07 Å². The molecule has 8 nitrogen and oxygen atoms in total. The zero-order chi connectivity index (χ0) is 20.5. The first kappa shape index (κ1) is 21.1. The number of methoxy groups -OCH3 is 1. The van der Waals surface area contributed by atoms with Crippen molar-refractivity contribution in [3.05, 3.63) is 24.0 Å². The van der Waals surface area contributed by atoms with Crippen LogP contribution in [-0.4, -0.2) is 50.2 Å². The van der Waals surface area contributed by atoms with E-state index in [4.69, 9.17) is 9.47 Å². The highest BCUT2D eigenvalue weighted by Gasteiger charge is 2.48. The van der Waals surface area contributed by atoms with Gasteiger partial charge < -0.3 is 14.8 Å². The third-order valence-corrected chi connectivity index (χ3v) is 5.67. The van der Waals surface area contributed by atoms with Crippen LogP contribution >= 0.6 is 0 Å². The molecule has 1 saturated heterocycles. The van der Waals surface area contributed by atoms with Crippen LogP contribution in [0.1, 0.15) is 27.2 Å². The van der Waals surface area contributed by atoms with Crippen LogP contribution in [0.2, 0.25) is 0 Å². The zero-order valence-electron chi connectivity index (χ0n) is 15.6. The number of halogens is 1. The van der Waals surface area contributed by atoms with E-state index in [1.54, 1.807) is 20.8 Å². The van der Waals surface area contributed by atoms with Crippen molar-refractivity contribution >= 4 is 33.2 Å². The number of anilines is 2. The van der Waals surface area contributed by atoms with Gasteiger partial charge >= 0.3 is 6.09 Å². The number of benzene rings is 1. The topological polar surface area (TPSA) is 111 Å². The first-order valence-corrected chi connectivity index (χ1v) is 10.0. The van der Waals surface area contributed by atoms with Crippen LogP contribution < -0.4 is 10.6 Å². The van der Waals surface area contributed by atoms with E-state index in [2.05, 4.69) is 10.6 Å². The summed E-state index contributed by atoms with van der Waals surface area (Å²) in [5, 5.41) is 4.79. The molecule has 1 atom stereocenters. The molecular weight excluding hydrogens is 379 g/mol. The molecule has 2 N–H and O–H groups in total. The maximum atomic E-state index is 14.0. The van der Waals surface area contributed by atoms with Crippen molar-refractivity contribution in [2.24, 2.45) is 0 Å². The number of amides is 2. The Morgan fingerprint density at radius 3 is 2.41 bits per heavy atom. The molecule has 1 aromatic rings. The number of ether oxygens (including phenoxy) is 2. The molecule has 27 heavy (non-hydrogen) atoms. The second-order valence-electron chi connectivity index (χ2n) is 7.32. The minimum absolute atomic E-state index is 0.0296. The summed E-state index contributed by atoms with van der Waals surface area (Å²) in [5.41, 5.74) is -2.27. The summed E-state index contributed by atoms with van der Waals surface area (Å²) in [7, 11) is -2.11. The average molecular weight is 402 g/mol. The van der Waals surface area contributed by atoms with E-state index in [1.165, 1.54) is 19.2 Å². The Labute approximate surface area is 157 Å². The summed E-state index contributed by atoms with van der Waals surface area (Å²) in [5.74, 6) is -1.94. The van der Waals surface area contributed by atoms with E-state index in [1.807, 2.05) is 0 Å². The molecule has 0 saturated carbocycles. The van der Waals surface area contributed by atoms with Gasteiger partial charge in [-0.15, -0.1) is 0 Å². The molecule has 1 aliphatic heterocycles. The number of rotatable bonds is 4. The second kappa shape index (κ2) is 7.43. The molecule has 10 heteroatoms. The highest BCUT2D eigenvalue weighted by Crippen LogP contribution is 2.29. The maximum Gasteiger partial charge on any atom is 0.412 e. The molecule has 1 fully saturated rings. The van der Waals surface area contributed by atoms with Gasteiger partial charge in [0.05, 0.1) is 17.2 Å². The molecule has 1 heterocycles. The molecule has 0 spiro atoms. The van der Waals surface area contributed by atoms with E-state index >= 15 is 0 Å². The molecular formula is C17H23FN2O6S. The lowest BCUT2D eigenvalue weighted by molar-refractivity contribution is -0.134. The van der Waals surface area contributed by atoms with E-state index in [0.29, 0.717) is 0 Å². The molecule has 2 rings (SSSR count). The van der Waals surface area contributed by atoms with Gasteiger partial charge in [-0.3, -0.25) is 10.1 Å². The van der Waals surface area contributed by atoms with Crippen LogP contribution in [0.25, 0.3) is 0 Å². The van der Waals surface area contributed by atoms with Crippen LogP contribution in [-0.2, 0) is 24.1 Å². The Morgan fingerprint density at radius 1 is 1.22 bits per heavy atom. The van der Waals surface area contributed by atoms with Crippen LogP contribution in [0.5, 0.6) is 0 Å². The van der Waals surface area contributed by atoms with Crippen molar-refractivity contribution in [3.8, 4) is 0 Å². The van der Waals surface area contributed by atoms with E-state index in [9.17, 15) is 22.4 Å². The minimum Gasteiger partial charge on any atom is -0.444 e. The van der Waals surface area contributed by atoms with Gasteiger partial charge in [-0.1, -0.05) is 0 Å². The van der Waals surface area contributed by atoms with Crippen LogP contribution in [0.4, 0.5) is 20.6 Å². The minimum atomic E-state index is -3.37. The Hall–Kier alpha value is -2.20. The summed E-state index contributed by atoms with van der Waals surface area (Å²) in [6.45, 7) is 5.00. The summed E-state index contributed by atoms with van der Waals surface area (Å²) in [6.07, 6.45) is -0.817. The third-order valence-electron chi connectivity index (χ3n) is 3.93. The lowest BCUT2D eigenvalue weighted by Gasteiger charge is -2.25. The molecule has 1 aromatic carbocycles. The molecule has 1 unspecified atom stereocenters. The lowest BCUT2D eigenvalue weighted by atomic mass is 10.0. The summed E-state index contributed by atoms with van der Waals surface area (Å²) in [6, 6.07) is 3.57. The predicted octanol–water partition coefficient (Wildman–Crippen LogP) is 2.31.